The molecule has 4 aliphatic rings. The van der Waals surface area contributed by atoms with Gasteiger partial charge in [0.2, 0.25) is 30.4 Å². The lowest BCUT2D eigenvalue weighted by atomic mass is 9.86. The minimum Gasteiger partial charge on any atom is -0.458 e. The number of imide groups is 1. The zero-order valence-corrected chi connectivity index (χ0v) is 60.4. The van der Waals surface area contributed by atoms with Gasteiger partial charge >= 0.3 is 18.2 Å². The maximum atomic E-state index is 14.1. The number of pyridine rings is 2. The molecule has 0 bridgehead atoms. The highest BCUT2D eigenvalue weighted by molar-refractivity contribution is 6.15. The van der Waals surface area contributed by atoms with Crippen LogP contribution in [0.4, 0.5) is 9.59 Å². The number of benzene rings is 1. The van der Waals surface area contributed by atoms with Crippen LogP contribution in [0.15, 0.2) is 35.1 Å². The van der Waals surface area contributed by atoms with Gasteiger partial charge in [0.05, 0.1) is 141 Å². The van der Waals surface area contributed by atoms with E-state index in [1.54, 1.807) is 80.5 Å². The highest BCUT2D eigenvalue weighted by atomic mass is 16.7. The number of alkyl carbamates (subject to hydrolysis) is 2. The molecular formula is C69H98N10O25. The van der Waals surface area contributed by atoms with Crippen LogP contribution in [-0.2, 0) is 116 Å². The zero-order chi connectivity index (χ0) is 75.6. The molecule has 2 aromatic heterocycles. The molecule has 0 radical (unpaired) electrons. The minimum absolute atomic E-state index is 0.00438. The van der Waals surface area contributed by atoms with Crippen molar-refractivity contribution in [3.63, 3.8) is 0 Å². The first-order valence-electron chi connectivity index (χ1n) is 34.6. The van der Waals surface area contributed by atoms with Gasteiger partial charge in [-0.2, -0.15) is 0 Å². The smallest absolute Gasteiger partial charge is 0.409 e. The molecule has 0 spiro atoms. The third-order valence-corrected chi connectivity index (χ3v) is 16.0. The lowest BCUT2D eigenvalue weighted by Crippen LogP contribution is -2.59. The average molecular weight is 1470 g/mol. The lowest BCUT2D eigenvalue weighted by molar-refractivity contribution is -0.172. The van der Waals surface area contributed by atoms with E-state index < -0.39 is 113 Å². The molecule has 0 unspecified atom stereocenters. The Kier molecular flexibility index (Phi) is 31.5. The van der Waals surface area contributed by atoms with Gasteiger partial charge in [-0.05, 0) is 84.4 Å². The first-order chi connectivity index (χ1) is 49.6. The first kappa shape index (κ1) is 82.3. The number of esters is 1. The number of aromatic nitrogens is 2. The van der Waals surface area contributed by atoms with Crippen LogP contribution in [0.2, 0.25) is 0 Å². The fraction of sp³-hybridized carbons (Fsp3) is 0.623. The number of amides is 9. The molecule has 35 nitrogen and oxygen atoms in total. The molecule has 0 saturated carbocycles. The Bertz CT molecular complexity index is 3590. The highest BCUT2D eigenvalue weighted by Gasteiger charge is 2.46. The van der Waals surface area contributed by atoms with Gasteiger partial charge in [0, 0.05) is 60.8 Å². The molecular weight excluding hydrogens is 1370 g/mol. The van der Waals surface area contributed by atoms with E-state index >= 15 is 0 Å². The molecule has 0 saturated heterocycles. The monoisotopic (exact) mass is 1470 g/mol. The lowest BCUT2D eigenvalue weighted by Gasteiger charge is -2.31. The number of aliphatic hydroxyl groups is 1. The van der Waals surface area contributed by atoms with Gasteiger partial charge < -0.3 is 103 Å². The van der Waals surface area contributed by atoms with Crippen LogP contribution in [0.1, 0.15) is 110 Å². The van der Waals surface area contributed by atoms with E-state index in [1.165, 1.54) is 4.57 Å². The Labute approximate surface area is 601 Å². The number of nitrogens with zero attached hydrogens (tertiary/aromatic N) is 3. The standard InChI is InChI=1S/C69H98N10O25/c1-10-69(91)47-35-50-58-45(39-78(50)63(87)46(47)40-100-64(69)88)44(43-34-51-52(102-41-101-51)36-49(43)74-58)37-72-54(81)38-73-60(84)48(12-11-16-71-65(89)103-67(4,5)6)75-61(85)57(42(2)3)76-53(80)15-18-92-20-22-94-24-26-96-28-30-98-32-33-99-31-29-97-27-25-95-23-21-93-19-17-70-62(86)59(77-66(90)104-68(7,8)9)79-55(82)13-14-56(79)83/h13-14,34-36,42,48,57,59,91H,10-12,15-33,37-41H2,1-9H3,(H,70,86)(H,71,89)(H,72,81)(H,73,84)(H,75,85)(H,76,80)(H,77,90)/t48-,57-,59+,69-/m0/s1. The molecule has 4 aliphatic heterocycles. The summed E-state index contributed by atoms with van der Waals surface area (Å²) in [5, 5.41) is 30.4. The van der Waals surface area contributed by atoms with Crippen molar-refractivity contribution in [2.24, 2.45) is 5.92 Å². The Hall–Kier alpha value is -8.94. The number of cyclic esters (lactones) is 1. The molecule has 0 fully saturated rings. The number of carbonyl (C=O) groups is 10. The number of hydrogen-bond acceptors (Lipinski definition) is 26. The largest absolute Gasteiger partial charge is 0.458 e. The molecule has 6 heterocycles. The third-order valence-electron chi connectivity index (χ3n) is 16.0. The van der Waals surface area contributed by atoms with Crippen molar-refractivity contribution in [3.8, 4) is 22.9 Å². The number of fused-ring (bicyclic) bond motifs is 6. The normalized spacial score (nSPS) is 15.9. The summed E-state index contributed by atoms with van der Waals surface area (Å²) in [7, 11) is 0. The topological polar surface area (TPSA) is 433 Å². The van der Waals surface area contributed by atoms with Crippen LogP contribution >= 0.6 is 0 Å². The fourth-order valence-electron chi connectivity index (χ4n) is 10.9. The quantitative estimate of drug-likeness (QED) is 0.0132. The van der Waals surface area contributed by atoms with Gasteiger partial charge in [-0.15, -0.1) is 0 Å². The maximum absolute atomic E-state index is 14.1. The molecule has 1 aromatic carbocycles. The maximum Gasteiger partial charge on any atom is 0.409 e. The van der Waals surface area contributed by atoms with Gasteiger partial charge in [0.25, 0.3) is 23.3 Å². The summed E-state index contributed by atoms with van der Waals surface area (Å²) in [6, 6.07) is 2.68. The molecule has 4 atom stereocenters. The number of carbonyl (C=O) groups excluding carboxylic acids is 10. The highest BCUT2D eigenvalue weighted by Crippen LogP contribution is 2.43. The van der Waals surface area contributed by atoms with Crippen molar-refractivity contribution in [1.82, 2.24) is 51.7 Å². The summed E-state index contributed by atoms with van der Waals surface area (Å²) in [6.07, 6.45) is -1.22. The van der Waals surface area contributed by atoms with Gasteiger partial charge in [-0.1, -0.05) is 20.8 Å². The molecule has 9 amide bonds. The van der Waals surface area contributed by atoms with Gasteiger partial charge in [0.15, 0.2) is 23.3 Å². The zero-order valence-electron chi connectivity index (χ0n) is 60.4. The van der Waals surface area contributed by atoms with E-state index in [4.69, 9.17) is 66.6 Å². The molecule has 35 heteroatoms. The summed E-state index contributed by atoms with van der Waals surface area (Å²) < 4.78 is 72.7. The molecule has 3 aromatic rings. The van der Waals surface area contributed by atoms with E-state index in [0.29, 0.717) is 109 Å². The van der Waals surface area contributed by atoms with Crippen molar-refractivity contribution in [3.05, 3.63) is 63.0 Å². The molecule has 574 valence electrons. The van der Waals surface area contributed by atoms with Crippen LogP contribution in [0.5, 0.6) is 11.5 Å². The number of ether oxygens (including phenoxy) is 13. The summed E-state index contributed by atoms with van der Waals surface area (Å²) >= 11 is 0. The van der Waals surface area contributed by atoms with Crippen LogP contribution in [0, 0.1) is 5.92 Å². The van der Waals surface area contributed by atoms with Crippen molar-refractivity contribution >= 4 is 70.4 Å². The predicted molar refractivity (Wildman–Crippen MR) is 366 cm³/mol. The fourth-order valence-corrected chi connectivity index (χ4v) is 10.9. The molecule has 8 N–H and O–H groups in total. The van der Waals surface area contributed by atoms with E-state index in [0.717, 1.165) is 12.2 Å². The van der Waals surface area contributed by atoms with Crippen LogP contribution < -0.4 is 52.3 Å². The Balaban J connectivity index is 0.734. The van der Waals surface area contributed by atoms with Crippen LogP contribution in [0.25, 0.3) is 22.3 Å². The van der Waals surface area contributed by atoms with Crippen molar-refractivity contribution in [1.29, 1.82) is 0 Å². The van der Waals surface area contributed by atoms with Gasteiger partial charge in [-0.3, -0.25) is 43.7 Å². The summed E-state index contributed by atoms with van der Waals surface area (Å²) in [6.45, 7) is 18.5. The van der Waals surface area contributed by atoms with E-state index in [-0.39, 0.29) is 123 Å². The van der Waals surface area contributed by atoms with E-state index in [2.05, 4.69) is 37.2 Å². The Morgan fingerprint density at radius 2 is 1.15 bits per heavy atom. The van der Waals surface area contributed by atoms with Crippen LogP contribution in [0.3, 0.4) is 0 Å². The van der Waals surface area contributed by atoms with Crippen LogP contribution in [-0.4, -0.2) is 241 Å². The minimum atomic E-state index is -2.05. The summed E-state index contributed by atoms with van der Waals surface area (Å²) in [5.41, 5.74) is -1.57. The second-order valence-corrected chi connectivity index (χ2v) is 26.5. The van der Waals surface area contributed by atoms with Crippen molar-refractivity contribution < 1.29 is 115 Å². The number of rotatable bonds is 44. The molecule has 0 aliphatic carbocycles. The first-order valence-corrected chi connectivity index (χ1v) is 34.6. The number of nitrogens with one attached hydrogen (secondary N) is 7. The van der Waals surface area contributed by atoms with Gasteiger partial charge in [-0.25, -0.2) is 24.3 Å². The summed E-state index contributed by atoms with van der Waals surface area (Å²) in [4.78, 5) is 149. The van der Waals surface area contributed by atoms with E-state index in [1.807, 2.05) is 0 Å². The third kappa shape index (κ3) is 24.6. The SMILES string of the molecule is CC[C@@]1(O)C(=O)OCc2c1cc1n(c2=O)Cc2c-1nc1cc3c(cc1c2CNC(=O)CNC(=O)[C@H](CCCNC(=O)OC(C)(C)C)NC(=O)[C@@H](NC(=O)CCOCCOCCOCCOCCOCCOCCOCCOCCNC(=O)[C@H](NC(=O)OC(C)(C)C)N1C(=O)C=CC1=O)C(C)C)OCO3. The Morgan fingerprint density at radius 3 is 1.71 bits per heavy atom. The Morgan fingerprint density at radius 1 is 0.606 bits per heavy atom. The molecule has 104 heavy (non-hydrogen) atoms. The van der Waals surface area contributed by atoms with Gasteiger partial charge in [0.1, 0.15) is 29.9 Å². The van der Waals surface area contributed by atoms with E-state index in [9.17, 15) is 57.8 Å². The second kappa shape index (κ2) is 39.8. The second-order valence-electron chi connectivity index (χ2n) is 26.5. The number of hydrogen-bond donors (Lipinski definition) is 8. The average Bonchev–Trinajstić information content (AvgIpc) is 1.52. The summed E-state index contributed by atoms with van der Waals surface area (Å²) in [5.74, 6) is -5.24. The van der Waals surface area contributed by atoms with Crippen molar-refractivity contribution in [2.45, 2.75) is 143 Å². The molecule has 7 rings (SSSR count). The van der Waals surface area contributed by atoms with Crippen molar-refractivity contribution in [2.75, 3.05) is 132 Å². The predicted octanol–water partition coefficient (Wildman–Crippen LogP) is 0.886.